The molecule has 3 rings (SSSR count). The summed E-state index contributed by atoms with van der Waals surface area (Å²) in [6.45, 7) is 2.98. The highest BCUT2D eigenvalue weighted by Gasteiger charge is 2.15. The molecule has 2 aromatic heterocycles. The standard InChI is InChI=1S/C23H24N4O2/c1-17-5-3-4-6-20(17)16-26-22(28)21-15-19(9-13-25-21)23(29)27(2)14-10-18-7-11-24-12-8-18/h3-9,11-13,15H,10,14,16H2,1-2H3,(H,26,28). The Morgan fingerprint density at radius 1 is 1.03 bits per heavy atom. The molecule has 0 radical (unpaired) electrons. The van der Waals surface area contributed by atoms with Gasteiger partial charge in [0.1, 0.15) is 5.69 Å². The van der Waals surface area contributed by atoms with E-state index in [-0.39, 0.29) is 17.5 Å². The van der Waals surface area contributed by atoms with E-state index in [1.807, 2.05) is 43.3 Å². The summed E-state index contributed by atoms with van der Waals surface area (Å²) in [5.41, 5.74) is 3.94. The van der Waals surface area contributed by atoms with Gasteiger partial charge in [0.2, 0.25) is 0 Å². The summed E-state index contributed by atoms with van der Waals surface area (Å²) in [7, 11) is 1.75. The lowest BCUT2D eigenvalue weighted by molar-refractivity contribution is 0.0796. The van der Waals surface area contributed by atoms with E-state index >= 15 is 0 Å². The van der Waals surface area contributed by atoms with Gasteiger partial charge in [-0.3, -0.25) is 19.6 Å². The molecule has 0 atom stereocenters. The van der Waals surface area contributed by atoms with Crippen molar-refractivity contribution in [2.45, 2.75) is 19.9 Å². The third-order valence-corrected chi connectivity index (χ3v) is 4.77. The molecule has 1 N–H and O–H groups in total. The average molecular weight is 388 g/mol. The number of hydrogen-bond acceptors (Lipinski definition) is 4. The van der Waals surface area contributed by atoms with Crippen molar-refractivity contribution in [1.29, 1.82) is 0 Å². The molecule has 3 aromatic rings. The molecular weight excluding hydrogens is 364 g/mol. The zero-order chi connectivity index (χ0) is 20.6. The fourth-order valence-electron chi connectivity index (χ4n) is 2.93. The molecule has 148 valence electrons. The van der Waals surface area contributed by atoms with E-state index in [1.54, 1.807) is 36.5 Å². The first-order valence-electron chi connectivity index (χ1n) is 9.47. The summed E-state index contributed by atoms with van der Waals surface area (Å²) in [4.78, 5) is 35.0. The maximum atomic E-state index is 12.7. The SMILES string of the molecule is Cc1ccccc1CNC(=O)c1cc(C(=O)N(C)CCc2ccncc2)ccn1. The van der Waals surface area contributed by atoms with Gasteiger partial charge in [-0.15, -0.1) is 0 Å². The van der Waals surface area contributed by atoms with Crippen LogP contribution in [-0.4, -0.2) is 40.3 Å². The zero-order valence-corrected chi connectivity index (χ0v) is 16.6. The molecule has 0 aliphatic heterocycles. The molecule has 2 heterocycles. The van der Waals surface area contributed by atoms with Crippen LogP contribution in [0.25, 0.3) is 0 Å². The van der Waals surface area contributed by atoms with Crippen molar-refractivity contribution in [3.8, 4) is 0 Å². The highest BCUT2D eigenvalue weighted by atomic mass is 16.2. The minimum atomic E-state index is -0.303. The summed E-state index contributed by atoms with van der Waals surface area (Å²) in [6, 6.07) is 14.9. The van der Waals surface area contributed by atoms with Crippen molar-refractivity contribution < 1.29 is 9.59 Å². The van der Waals surface area contributed by atoms with Crippen LogP contribution >= 0.6 is 0 Å². The van der Waals surface area contributed by atoms with Crippen LogP contribution in [-0.2, 0) is 13.0 Å². The van der Waals surface area contributed by atoms with E-state index in [1.165, 1.54) is 6.20 Å². The maximum absolute atomic E-state index is 12.7. The topological polar surface area (TPSA) is 75.2 Å². The van der Waals surface area contributed by atoms with Crippen molar-refractivity contribution in [3.63, 3.8) is 0 Å². The second-order valence-corrected chi connectivity index (χ2v) is 6.87. The van der Waals surface area contributed by atoms with E-state index in [4.69, 9.17) is 0 Å². The molecule has 0 saturated heterocycles. The third kappa shape index (κ3) is 5.48. The van der Waals surface area contributed by atoms with Crippen molar-refractivity contribution >= 4 is 11.8 Å². The molecule has 0 fully saturated rings. The zero-order valence-electron chi connectivity index (χ0n) is 16.6. The van der Waals surface area contributed by atoms with Gasteiger partial charge in [0, 0.05) is 44.3 Å². The fourth-order valence-corrected chi connectivity index (χ4v) is 2.93. The van der Waals surface area contributed by atoms with Crippen LogP contribution in [0.5, 0.6) is 0 Å². The number of carbonyl (C=O) groups is 2. The smallest absolute Gasteiger partial charge is 0.270 e. The predicted molar refractivity (Wildman–Crippen MR) is 111 cm³/mol. The Morgan fingerprint density at radius 3 is 2.55 bits per heavy atom. The number of nitrogens with zero attached hydrogens (tertiary/aromatic N) is 3. The molecule has 0 bridgehead atoms. The van der Waals surface area contributed by atoms with Crippen LogP contribution in [0.3, 0.4) is 0 Å². The summed E-state index contributed by atoms with van der Waals surface area (Å²) in [5.74, 6) is -0.447. The van der Waals surface area contributed by atoms with Crippen molar-refractivity contribution in [2.75, 3.05) is 13.6 Å². The quantitative estimate of drug-likeness (QED) is 0.675. The summed E-state index contributed by atoms with van der Waals surface area (Å²) in [6.07, 6.45) is 5.70. The number of amides is 2. The molecule has 0 saturated carbocycles. The van der Waals surface area contributed by atoms with Gasteiger partial charge >= 0.3 is 0 Å². The Labute approximate surface area is 170 Å². The van der Waals surface area contributed by atoms with Gasteiger partial charge < -0.3 is 10.2 Å². The number of likely N-dealkylation sites (N-methyl/N-ethyl adjacent to an activating group) is 1. The van der Waals surface area contributed by atoms with Crippen LogP contribution in [0.4, 0.5) is 0 Å². The molecule has 6 nitrogen and oxygen atoms in total. The normalized spacial score (nSPS) is 10.4. The molecule has 1 aromatic carbocycles. The predicted octanol–water partition coefficient (Wildman–Crippen LogP) is 3.03. The highest BCUT2D eigenvalue weighted by Crippen LogP contribution is 2.09. The second-order valence-electron chi connectivity index (χ2n) is 6.87. The van der Waals surface area contributed by atoms with Crippen LogP contribution in [0.1, 0.15) is 37.5 Å². The highest BCUT2D eigenvalue weighted by molar-refractivity contribution is 5.98. The van der Waals surface area contributed by atoms with E-state index in [0.717, 1.165) is 23.1 Å². The minimum Gasteiger partial charge on any atom is -0.347 e. The Kier molecular flexibility index (Phi) is 6.68. The molecule has 29 heavy (non-hydrogen) atoms. The fraction of sp³-hybridized carbons (Fsp3) is 0.217. The van der Waals surface area contributed by atoms with Crippen LogP contribution in [0, 0.1) is 6.92 Å². The summed E-state index contributed by atoms with van der Waals surface area (Å²) in [5, 5.41) is 2.87. The lowest BCUT2D eigenvalue weighted by Crippen LogP contribution is -2.29. The van der Waals surface area contributed by atoms with Gasteiger partial charge in [0.05, 0.1) is 0 Å². The minimum absolute atomic E-state index is 0.144. The second kappa shape index (κ2) is 9.59. The van der Waals surface area contributed by atoms with Gasteiger partial charge in [-0.05, 0) is 54.3 Å². The summed E-state index contributed by atoms with van der Waals surface area (Å²) >= 11 is 0. The van der Waals surface area contributed by atoms with E-state index in [0.29, 0.717) is 18.7 Å². The number of hydrogen-bond donors (Lipinski definition) is 1. The first-order chi connectivity index (χ1) is 14.0. The molecular formula is C23H24N4O2. The Bertz CT molecular complexity index is 989. The van der Waals surface area contributed by atoms with Crippen molar-refractivity contribution in [1.82, 2.24) is 20.2 Å². The van der Waals surface area contributed by atoms with Crippen molar-refractivity contribution in [3.05, 3.63) is 95.1 Å². The average Bonchev–Trinajstić information content (AvgIpc) is 2.77. The Balaban J connectivity index is 1.61. The lowest BCUT2D eigenvalue weighted by Gasteiger charge is -2.17. The molecule has 0 aliphatic rings. The number of nitrogens with one attached hydrogen (secondary N) is 1. The molecule has 6 heteroatoms. The van der Waals surface area contributed by atoms with Gasteiger partial charge in [-0.2, -0.15) is 0 Å². The largest absolute Gasteiger partial charge is 0.347 e. The van der Waals surface area contributed by atoms with Gasteiger partial charge in [0.15, 0.2) is 0 Å². The van der Waals surface area contributed by atoms with Crippen molar-refractivity contribution in [2.24, 2.45) is 0 Å². The van der Waals surface area contributed by atoms with Gasteiger partial charge in [-0.25, -0.2) is 0 Å². The van der Waals surface area contributed by atoms with Gasteiger partial charge in [-0.1, -0.05) is 24.3 Å². The van der Waals surface area contributed by atoms with E-state index in [2.05, 4.69) is 15.3 Å². The van der Waals surface area contributed by atoms with E-state index < -0.39 is 0 Å². The van der Waals surface area contributed by atoms with E-state index in [9.17, 15) is 9.59 Å². The van der Waals surface area contributed by atoms with Crippen LogP contribution < -0.4 is 5.32 Å². The van der Waals surface area contributed by atoms with Crippen LogP contribution in [0.2, 0.25) is 0 Å². The first-order valence-corrected chi connectivity index (χ1v) is 9.47. The maximum Gasteiger partial charge on any atom is 0.270 e. The Morgan fingerprint density at radius 2 is 1.79 bits per heavy atom. The van der Waals surface area contributed by atoms with Crippen LogP contribution in [0.15, 0.2) is 67.1 Å². The first kappa shape index (κ1) is 20.2. The molecule has 2 amide bonds. The lowest BCUT2D eigenvalue weighted by atomic mass is 10.1. The third-order valence-electron chi connectivity index (χ3n) is 4.77. The monoisotopic (exact) mass is 388 g/mol. The number of rotatable bonds is 7. The Hall–Kier alpha value is -3.54. The number of carbonyl (C=O) groups excluding carboxylic acids is 2. The molecule has 0 spiro atoms. The molecule has 0 aliphatic carbocycles. The number of aromatic nitrogens is 2. The molecule has 0 unspecified atom stereocenters. The number of benzene rings is 1. The van der Waals surface area contributed by atoms with Gasteiger partial charge in [0.25, 0.3) is 11.8 Å². The number of aryl methyl sites for hydroxylation is 1. The summed E-state index contributed by atoms with van der Waals surface area (Å²) < 4.78 is 0. The number of pyridine rings is 2.